The van der Waals surface area contributed by atoms with E-state index in [0.717, 1.165) is 19.7 Å². The first-order valence-corrected chi connectivity index (χ1v) is 6.17. The van der Waals surface area contributed by atoms with Gasteiger partial charge in [-0.05, 0) is 25.2 Å². The average Bonchev–Trinajstić information content (AvgIpc) is 2.74. The van der Waals surface area contributed by atoms with E-state index in [9.17, 15) is 0 Å². The van der Waals surface area contributed by atoms with Crippen molar-refractivity contribution in [2.45, 2.75) is 37.7 Å². The van der Waals surface area contributed by atoms with E-state index < -0.39 is 0 Å². The van der Waals surface area contributed by atoms with Crippen molar-refractivity contribution < 1.29 is 4.74 Å². The minimum absolute atomic E-state index is 0.361. The second kappa shape index (κ2) is 4.82. The van der Waals surface area contributed by atoms with E-state index in [1.165, 1.54) is 25.8 Å². The molecule has 3 atom stereocenters. The van der Waals surface area contributed by atoms with E-state index in [4.69, 9.17) is 16.3 Å². The van der Waals surface area contributed by atoms with Crippen molar-refractivity contribution in [3.05, 3.63) is 0 Å². The molecule has 0 radical (unpaired) electrons. The van der Waals surface area contributed by atoms with Crippen molar-refractivity contribution in [2.75, 3.05) is 26.2 Å². The number of rotatable bonds is 3. The molecule has 0 spiro atoms. The quantitative estimate of drug-likeness (QED) is 0.672. The van der Waals surface area contributed by atoms with Crippen molar-refractivity contribution in [2.24, 2.45) is 5.92 Å². The normalized spacial score (nSPS) is 39.4. The number of ether oxygens (including phenoxy) is 1. The van der Waals surface area contributed by atoms with Crippen LogP contribution in [0.1, 0.15) is 26.2 Å². The molecule has 0 amide bonds. The van der Waals surface area contributed by atoms with E-state index in [0.29, 0.717) is 17.4 Å². The van der Waals surface area contributed by atoms with Gasteiger partial charge in [0.25, 0.3) is 0 Å². The number of alkyl halides is 1. The molecule has 0 aliphatic carbocycles. The largest absolute Gasteiger partial charge is 0.378 e. The van der Waals surface area contributed by atoms with Crippen LogP contribution in [0.4, 0.5) is 0 Å². The van der Waals surface area contributed by atoms with Gasteiger partial charge in [0, 0.05) is 26.2 Å². The van der Waals surface area contributed by atoms with E-state index in [-0.39, 0.29) is 0 Å². The summed E-state index contributed by atoms with van der Waals surface area (Å²) in [5, 5.41) is 0.361. The molecule has 82 valence electrons. The topological polar surface area (TPSA) is 12.5 Å². The lowest BCUT2D eigenvalue weighted by Gasteiger charge is -2.17. The fourth-order valence-corrected chi connectivity index (χ4v) is 2.68. The molecule has 0 N–H and O–H groups in total. The summed E-state index contributed by atoms with van der Waals surface area (Å²) >= 11 is 6.18. The van der Waals surface area contributed by atoms with Gasteiger partial charge >= 0.3 is 0 Å². The Morgan fingerprint density at radius 3 is 2.86 bits per heavy atom. The van der Waals surface area contributed by atoms with E-state index in [2.05, 4.69) is 11.8 Å². The van der Waals surface area contributed by atoms with E-state index >= 15 is 0 Å². The first-order chi connectivity index (χ1) is 6.75. The lowest BCUT2D eigenvalue weighted by atomic mass is 10.1. The molecule has 2 fully saturated rings. The molecule has 0 aromatic carbocycles. The van der Waals surface area contributed by atoms with Crippen LogP contribution < -0.4 is 0 Å². The van der Waals surface area contributed by atoms with Crippen LogP contribution in [-0.2, 0) is 4.74 Å². The second-order valence-electron chi connectivity index (χ2n) is 4.68. The highest BCUT2D eigenvalue weighted by Crippen LogP contribution is 2.23. The van der Waals surface area contributed by atoms with Crippen LogP contribution >= 0.6 is 11.6 Å². The van der Waals surface area contributed by atoms with Gasteiger partial charge in [-0.25, -0.2) is 0 Å². The first-order valence-electron chi connectivity index (χ1n) is 5.73. The Balaban J connectivity index is 1.66. The highest BCUT2D eigenvalue weighted by molar-refractivity contribution is 6.21. The van der Waals surface area contributed by atoms with E-state index in [1.54, 1.807) is 0 Å². The Hall–Kier alpha value is 0.210. The molecule has 14 heavy (non-hydrogen) atoms. The Labute approximate surface area is 91.6 Å². The Morgan fingerprint density at radius 1 is 1.43 bits per heavy atom. The standard InChI is InChI=1S/C11H20ClNO/c1-9-7-13(8-11(9)12)5-4-10-3-2-6-14-10/h9-11H,2-8H2,1H3. The monoisotopic (exact) mass is 217 g/mol. The molecular formula is C11H20ClNO. The summed E-state index contributed by atoms with van der Waals surface area (Å²) in [6.07, 6.45) is 4.23. The van der Waals surface area contributed by atoms with Gasteiger partial charge in [0.15, 0.2) is 0 Å². The van der Waals surface area contributed by atoms with Gasteiger partial charge in [-0.15, -0.1) is 11.6 Å². The maximum atomic E-state index is 6.18. The lowest BCUT2D eigenvalue weighted by Crippen LogP contribution is -2.25. The predicted molar refractivity (Wildman–Crippen MR) is 58.8 cm³/mol. The number of hydrogen-bond donors (Lipinski definition) is 0. The molecule has 2 heterocycles. The maximum absolute atomic E-state index is 6.18. The fraction of sp³-hybridized carbons (Fsp3) is 1.00. The number of likely N-dealkylation sites (tertiary alicyclic amines) is 1. The highest BCUT2D eigenvalue weighted by Gasteiger charge is 2.28. The minimum Gasteiger partial charge on any atom is -0.378 e. The van der Waals surface area contributed by atoms with Gasteiger partial charge in [-0.2, -0.15) is 0 Å². The first kappa shape index (κ1) is 10.7. The van der Waals surface area contributed by atoms with Gasteiger partial charge in [0.2, 0.25) is 0 Å². The molecule has 0 aromatic rings. The summed E-state index contributed by atoms with van der Waals surface area (Å²) in [6, 6.07) is 0. The average molecular weight is 218 g/mol. The van der Waals surface area contributed by atoms with Crippen molar-refractivity contribution in [3.63, 3.8) is 0 Å². The molecule has 2 saturated heterocycles. The molecule has 2 aliphatic heterocycles. The van der Waals surface area contributed by atoms with Crippen LogP contribution in [0.25, 0.3) is 0 Å². The Kier molecular flexibility index (Phi) is 3.69. The van der Waals surface area contributed by atoms with Crippen molar-refractivity contribution in [3.8, 4) is 0 Å². The van der Waals surface area contributed by atoms with Gasteiger partial charge in [0.1, 0.15) is 0 Å². The van der Waals surface area contributed by atoms with Crippen LogP contribution in [0, 0.1) is 5.92 Å². The SMILES string of the molecule is CC1CN(CCC2CCCO2)CC1Cl. The summed E-state index contributed by atoms with van der Waals surface area (Å²) in [6.45, 7) is 6.61. The highest BCUT2D eigenvalue weighted by atomic mass is 35.5. The van der Waals surface area contributed by atoms with E-state index in [1.807, 2.05) is 0 Å². The second-order valence-corrected chi connectivity index (χ2v) is 5.24. The number of halogens is 1. The van der Waals surface area contributed by atoms with Crippen molar-refractivity contribution in [1.29, 1.82) is 0 Å². The van der Waals surface area contributed by atoms with Crippen LogP contribution in [0.3, 0.4) is 0 Å². The third-order valence-corrected chi connectivity index (χ3v) is 3.96. The smallest absolute Gasteiger partial charge is 0.0588 e. The fourth-order valence-electron chi connectivity index (χ4n) is 2.40. The molecule has 3 heteroatoms. The van der Waals surface area contributed by atoms with Crippen LogP contribution in [0.5, 0.6) is 0 Å². The molecule has 0 bridgehead atoms. The third kappa shape index (κ3) is 2.62. The van der Waals surface area contributed by atoms with Gasteiger partial charge in [-0.1, -0.05) is 6.92 Å². The summed E-state index contributed by atoms with van der Waals surface area (Å²) in [5.74, 6) is 0.654. The molecule has 2 nitrogen and oxygen atoms in total. The molecule has 0 aromatic heterocycles. The molecular weight excluding hydrogens is 198 g/mol. The Bertz CT molecular complexity index is 172. The molecule has 0 saturated carbocycles. The molecule has 2 aliphatic rings. The Morgan fingerprint density at radius 2 is 2.29 bits per heavy atom. The van der Waals surface area contributed by atoms with Crippen LogP contribution in [0.15, 0.2) is 0 Å². The van der Waals surface area contributed by atoms with Gasteiger partial charge in [-0.3, -0.25) is 0 Å². The summed E-state index contributed by atoms with van der Waals surface area (Å²) in [7, 11) is 0. The lowest BCUT2D eigenvalue weighted by molar-refractivity contribution is 0.0946. The summed E-state index contributed by atoms with van der Waals surface area (Å²) in [5.41, 5.74) is 0. The van der Waals surface area contributed by atoms with Crippen molar-refractivity contribution in [1.82, 2.24) is 4.90 Å². The summed E-state index contributed by atoms with van der Waals surface area (Å²) < 4.78 is 5.61. The minimum atomic E-state index is 0.361. The van der Waals surface area contributed by atoms with Crippen LogP contribution in [0.2, 0.25) is 0 Å². The van der Waals surface area contributed by atoms with Crippen molar-refractivity contribution >= 4 is 11.6 Å². The third-order valence-electron chi connectivity index (χ3n) is 3.39. The zero-order chi connectivity index (χ0) is 9.97. The van der Waals surface area contributed by atoms with Crippen LogP contribution in [-0.4, -0.2) is 42.6 Å². The van der Waals surface area contributed by atoms with Gasteiger partial charge in [0.05, 0.1) is 11.5 Å². The number of nitrogens with zero attached hydrogens (tertiary/aromatic N) is 1. The zero-order valence-corrected chi connectivity index (χ0v) is 9.67. The summed E-state index contributed by atoms with van der Waals surface area (Å²) in [4.78, 5) is 2.48. The number of hydrogen-bond acceptors (Lipinski definition) is 2. The zero-order valence-electron chi connectivity index (χ0n) is 8.92. The molecule has 3 unspecified atom stereocenters. The maximum Gasteiger partial charge on any atom is 0.0588 e. The van der Waals surface area contributed by atoms with Gasteiger partial charge < -0.3 is 9.64 Å². The predicted octanol–water partition coefficient (Wildman–Crippen LogP) is 2.11. The molecule has 2 rings (SSSR count).